The minimum absolute atomic E-state index is 0.0816. The Hall–Kier alpha value is -4.17. The minimum Gasteiger partial charge on any atom is -0.508 e. The molecule has 13 nitrogen and oxygen atoms in total. The molecule has 5 atom stereocenters. The zero-order valence-electron chi connectivity index (χ0n) is 18.4. The quantitative estimate of drug-likeness (QED) is 0.239. The van der Waals surface area contributed by atoms with Crippen molar-refractivity contribution >= 4 is 22.7 Å². The van der Waals surface area contributed by atoms with E-state index in [2.05, 4.69) is 0 Å². The fraction of sp³-hybridized carbons (Fsp3) is 0.261. The van der Waals surface area contributed by atoms with Gasteiger partial charge < -0.3 is 49.6 Å². The molecule has 4 rings (SSSR count). The van der Waals surface area contributed by atoms with Gasteiger partial charge in [0.2, 0.25) is 6.29 Å². The molecular weight excluding hydrogens is 484 g/mol. The highest BCUT2D eigenvalue weighted by Gasteiger charge is 2.61. The average Bonchev–Trinajstić information content (AvgIpc) is 2.79. The molecule has 13 heteroatoms. The van der Waals surface area contributed by atoms with Gasteiger partial charge in [0.25, 0.3) is 0 Å². The van der Waals surface area contributed by atoms with Crippen molar-refractivity contribution in [3.63, 3.8) is 0 Å². The van der Waals surface area contributed by atoms with E-state index in [0.29, 0.717) is 0 Å². The summed E-state index contributed by atoms with van der Waals surface area (Å²) >= 11 is 0. The van der Waals surface area contributed by atoms with E-state index in [1.54, 1.807) is 0 Å². The highest BCUT2D eigenvalue weighted by atomic mass is 16.7. The third-order valence-electron chi connectivity index (χ3n) is 5.79. The van der Waals surface area contributed by atoms with Crippen LogP contribution in [0.5, 0.6) is 23.0 Å². The zero-order valence-corrected chi connectivity index (χ0v) is 18.4. The van der Waals surface area contributed by atoms with Crippen molar-refractivity contribution in [1.82, 2.24) is 0 Å². The van der Waals surface area contributed by atoms with Gasteiger partial charge in [0.1, 0.15) is 40.4 Å². The average molecular weight is 504 g/mol. The Balaban J connectivity index is 1.71. The number of ketones is 1. The molecule has 0 saturated carbocycles. The van der Waals surface area contributed by atoms with E-state index >= 15 is 0 Å². The molecule has 190 valence electrons. The maximum Gasteiger partial charge on any atom is 0.336 e. The number of hydrogen-bond donors (Lipinski definition) is 7. The Bertz CT molecular complexity index is 1430. The van der Waals surface area contributed by atoms with Crippen molar-refractivity contribution in [1.29, 1.82) is 0 Å². The molecule has 0 radical (unpaired) electrons. The molecule has 2 heterocycles. The lowest BCUT2D eigenvalue weighted by Crippen LogP contribution is -2.71. The maximum absolute atomic E-state index is 12.5. The predicted octanol–water partition coefficient (Wildman–Crippen LogP) is -0.193. The number of carbonyl (C=O) groups excluding carboxylic acids is 1. The highest BCUT2D eigenvalue weighted by molar-refractivity contribution is 5.93. The summed E-state index contributed by atoms with van der Waals surface area (Å²) in [5.74, 6) is -4.88. The Kier molecular flexibility index (Phi) is 6.10. The molecule has 7 N–H and O–H groups in total. The lowest BCUT2D eigenvalue weighted by molar-refractivity contribution is -0.295. The number of carboxylic acid groups (broad SMARTS) is 1. The molecule has 3 aromatic rings. The lowest BCUT2D eigenvalue weighted by Gasteiger charge is -2.44. The van der Waals surface area contributed by atoms with Crippen molar-refractivity contribution < 1.29 is 59.2 Å². The highest BCUT2D eigenvalue weighted by Crippen LogP contribution is 2.38. The zero-order chi connectivity index (χ0) is 26.5. The summed E-state index contributed by atoms with van der Waals surface area (Å²) < 4.78 is 16.0. The van der Waals surface area contributed by atoms with Gasteiger partial charge >= 0.3 is 5.97 Å². The SMILES string of the molecule is CC(=O)[C@@]1(O)[C@@H](C(=O)O)OC(Oc2cc(-c3cc(=O)c4c(O)cc(O)cc4o3)ccc2O)[C@H](O)[C@H]1O. The van der Waals surface area contributed by atoms with Crippen LogP contribution in [0.4, 0.5) is 0 Å². The smallest absolute Gasteiger partial charge is 0.336 e. The largest absolute Gasteiger partial charge is 0.508 e. The molecule has 1 saturated heterocycles. The molecule has 2 aromatic carbocycles. The van der Waals surface area contributed by atoms with Crippen molar-refractivity contribution in [2.75, 3.05) is 0 Å². The Morgan fingerprint density at radius 3 is 2.36 bits per heavy atom. The fourth-order valence-corrected chi connectivity index (χ4v) is 3.90. The molecule has 1 aliphatic heterocycles. The standard InChI is InChI=1S/C23H20O13/c1-8(24)23(33)19(30)18(29)22(36-20(23)21(31)32)35-15-4-9(2-3-11(15)26)14-7-13(28)17-12(27)5-10(25)6-16(17)34-14/h2-7,18-20,22,25-27,29-30,33H,1H3,(H,31,32)/t18-,19-,20-,22?,23+/m1/s1. The van der Waals surface area contributed by atoms with E-state index < -0.39 is 64.6 Å². The molecule has 0 aliphatic carbocycles. The molecule has 1 aliphatic rings. The predicted molar refractivity (Wildman–Crippen MR) is 117 cm³/mol. The number of aliphatic hydroxyl groups is 3. The van der Waals surface area contributed by atoms with Gasteiger partial charge in [0.05, 0.1) is 0 Å². The van der Waals surface area contributed by atoms with Crippen molar-refractivity contribution in [3.05, 3.63) is 46.6 Å². The van der Waals surface area contributed by atoms with E-state index in [0.717, 1.165) is 37.3 Å². The Labute approximate surface area is 200 Å². The van der Waals surface area contributed by atoms with Crippen LogP contribution in [0.15, 0.2) is 45.6 Å². The number of aliphatic carboxylic acids is 1. The van der Waals surface area contributed by atoms with Crippen molar-refractivity contribution in [3.8, 4) is 34.3 Å². The second-order valence-electron chi connectivity index (χ2n) is 8.15. The first-order valence-corrected chi connectivity index (χ1v) is 10.3. The minimum atomic E-state index is -2.97. The Morgan fingerprint density at radius 1 is 1.03 bits per heavy atom. The van der Waals surface area contributed by atoms with Crippen LogP contribution in [-0.4, -0.2) is 77.7 Å². The van der Waals surface area contributed by atoms with Gasteiger partial charge in [-0.25, -0.2) is 4.79 Å². The van der Waals surface area contributed by atoms with E-state index in [-0.39, 0.29) is 28.0 Å². The number of phenolic OH excluding ortho intramolecular Hbond substituents is 3. The van der Waals surface area contributed by atoms with Crippen LogP contribution in [0, 0.1) is 0 Å². The van der Waals surface area contributed by atoms with Gasteiger partial charge in [0.15, 0.2) is 34.4 Å². The second kappa shape index (κ2) is 8.80. The number of hydrogen-bond acceptors (Lipinski definition) is 12. The second-order valence-corrected chi connectivity index (χ2v) is 8.15. The Morgan fingerprint density at radius 2 is 1.72 bits per heavy atom. The molecule has 1 fully saturated rings. The first kappa shape index (κ1) is 24.9. The topological polar surface area (TPSA) is 224 Å². The van der Waals surface area contributed by atoms with E-state index in [4.69, 9.17) is 13.9 Å². The summed E-state index contributed by atoms with van der Waals surface area (Å²) in [6, 6.07) is 6.66. The van der Waals surface area contributed by atoms with E-state index in [1.807, 2.05) is 0 Å². The van der Waals surface area contributed by atoms with Crippen molar-refractivity contribution in [2.24, 2.45) is 0 Å². The normalized spacial score (nSPS) is 26.0. The van der Waals surface area contributed by atoms with E-state index in [9.17, 15) is 50.1 Å². The first-order chi connectivity index (χ1) is 16.8. The van der Waals surface area contributed by atoms with Crippen LogP contribution in [0.3, 0.4) is 0 Å². The number of Topliss-reactive ketones (excluding diaryl/α,β-unsaturated/α-hetero) is 1. The number of carboxylic acids is 1. The maximum atomic E-state index is 12.5. The monoisotopic (exact) mass is 504 g/mol. The molecule has 0 bridgehead atoms. The number of benzene rings is 2. The lowest BCUT2D eigenvalue weighted by atomic mass is 9.81. The van der Waals surface area contributed by atoms with Gasteiger partial charge in [-0.3, -0.25) is 9.59 Å². The van der Waals surface area contributed by atoms with Gasteiger partial charge in [-0.1, -0.05) is 0 Å². The number of fused-ring (bicyclic) bond motifs is 1. The third-order valence-corrected chi connectivity index (χ3v) is 5.79. The van der Waals surface area contributed by atoms with Crippen LogP contribution < -0.4 is 10.2 Å². The van der Waals surface area contributed by atoms with Crippen LogP contribution in [0.25, 0.3) is 22.3 Å². The molecule has 1 unspecified atom stereocenters. The first-order valence-electron chi connectivity index (χ1n) is 10.3. The van der Waals surface area contributed by atoms with Gasteiger partial charge in [0, 0.05) is 23.8 Å². The summed E-state index contributed by atoms with van der Waals surface area (Å²) in [4.78, 5) is 36.0. The number of phenols is 3. The number of carbonyl (C=O) groups is 2. The molecule has 0 amide bonds. The summed E-state index contributed by atoms with van der Waals surface area (Å²) in [5.41, 5.74) is -3.64. The third kappa shape index (κ3) is 3.99. The van der Waals surface area contributed by atoms with Crippen molar-refractivity contribution in [2.45, 2.75) is 37.1 Å². The van der Waals surface area contributed by atoms with Gasteiger partial charge in [-0.05, 0) is 25.1 Å². The van der Waals surface area contributed by atoms with Crippen LogP contribution >= 0.6 is 0 Å². The summed E-state index contributed by atoms with van der Waals surface area (Å²) in [5, 5.41) is 70.2. The molecule has 1 aromatic heterocycles. The summed E-state index contributed by atoms with van der Waals surface area (Å²) in [6.45, 7) is 0.808. The number of rotatable bonds is 5. The number of ether oxygens (including phenoxy) is 2. The van der Waals surface area contributed by atoms with Gasteiger partial charge in [-0.2, -0.15) is 0 Å². The summed E-state index contributed by atoms with van der Waals surface area (Å²) in [7, 11) is 0. The fourth-order valence-electron chi connectivity index (χ4n) is 3.90. The van der Waals surface area contributed by atoms with Crippen LogP contribution in [0.2, 0.25) is 0 Å². The molecule has 36 heavy (non-hydrogen) atoms. The number of aromatic hydroxyl groups is 3. The van der Waals surface area contributed by atoms with Gasteiger partial charge in [-0.15, -0.1) is 0 Å². The number of aliphatic hydroxyl groups excluding tert-OH is 2. The van der Waals surface area contributed by atoms with Crippen LogP contribution in [0.1, 0.15) is 6.92 Å². The van der Waals surface area contributed by atoms with E-state index in [1.165, 1.54) is 6.07 Å². The summed E-state index contributed by atoms with van der Waals surface area (Å²) in [6.07, 6.45) is -8.72. The molecular formula is C23H20O13. The van der Waals surface area contributed by atoms with Crippen LogP contribution in [-0.2, 0) is 14.3 Å². The molecule has 0 spiro atoms.